The summed E-state index contributed by atoms with van der Waals surface area (Å²) in [6, 6.07) is 13.3. The summed E-state index contributed by atoms with van der Waals surface area (Å²) >= 11 is 2.17. The molecule has 0 aliphatic carbocycles. The molecular weight excluding hydrogens is 378 g/mol. The second-order valence-electron chi connectivity index (χ2n) is 5.17. The molecule has 1 aliphatic rings. The summed E-state index contributed by atoms with van der Waals surface area (Å²) in [5, 5.41) is 9.86. The fourth-order valence-corrected chi connectivity index (χ4v) is 3.31. The number of hydrogen-bond acceptors (Lipinski definition) is 3. The summed E-state index contributed by atoms with van der Waals surface area (Å²) < 4.78 is 6.32. The fraction of sp³-hybridized carbons (Fsp3) is 0.188. The van der Waals surface area contributed by atoms with Gasteiger partial charge in [0.25, 0.3) is 0 Å². The van der Waals surface area contributed by atoms with Gasteiger partial charge in [0.05, 0.1) is 6.10 Å². The standard InChI is InChI=1S/C16H14BIO3/c1-10-12-7-6-11(8-14(12)17(20)21-10)9-16(19)13-4-2-3-5-15(13)18/h2-8,10,20H,9H2,1H3. The molecular formula is C16H14BIO3. The molecule has 5 heteroatoms. The number of fused-ring (bicyclic) bond motifs is 1. The normalized spacial score (nSPS) is 16.9. The van der Waals surface area contributed by atoms with Gasteiger partial charge in [0.15, 0.2) is 5.78 Å². The summed E-state index contributed by atoms with van der Waals surface area (Å²) in [6.07, 6.45) is 0.226. The molecule has 1 atom stereocenters. The maximum atomic E-state index is 12.4. The van der Waals surface area contributed by atoms with E-state index in [0.29, 0.717) is 6.42 Å². The minimum atomic E-state index is -0.887. The Bertz CT molecular complexity index is 702. The third-order valence-electron chi connectivity index (χ3n) is 3.73. The van der Waals surface area contributed by atoms with Gasteiger partial charge in [-0.1, -0.05) is 36.4 Å². The fourth-order valence-electron chi connectivity index (χ4n) is 2.63. The van der Waals surface area contributed by atoms with Crippen molar-refractivity contribution in [3.63, 3.8) is 0 Å². The number of carbonyl (C=O) groups excluding carboxylic acids is 1. The van der Waals surface area contributed by atoms with Gasteiger partial charge in [-0.3, -0.25) is 4.79 Å². The highest BCUT2D eigenvalue weighted by atomic mass is 127. The van der Waals surface area contributed by atoms with Crippen molar-refractivity contribution in [2.75, 3.05) is 0 Å². The van der Waals surface area contributed by atoms with Crippen LogP contribution in [0.25, 0.3) is 0 Å². The Labute approximate surface area is 137 Å². The van der Waals surface area contributed by atoms with E-state index in [9.17, 15) is 9.82 Å². The van der Waals surface area contributed by atoms with Crippen LogP contribution in [0.4, 0.5) is 0 Å². The van der Waals surface area contributed by atoms with E-state index in [1.165, 1.54) is 0 Å². The Hall–Kier alpha value is -1.18. The number of Topliss-reactive ketones (excluding diaryl/α,β-unsaturated/α-hetero) is 1. The molecule has 2 aromatic rings. The second-order valence-corrected chi connectivity index (χ2v) is 6.34. The lowest BCUT2D eigenvalue weighted by Gasteiger charge is -2.07. The smallest absolute Gasteiger partial charge is 0.423 e. The van der Waals surface area contributed by atoms with Gasteiger partial charge >= 0.3 is 7.12 Å². The summed E-state index contributed by atoms with van der Waals surface area (Å²) in [5.74, 6) is 0.0846. The Morgan fingerprint density at radius 2 is 2.10 bits per heavy atom. The summed E-state index contributed by atoms with van der Waals surface area (Å²) in [4.78, 5) is 12.4. The molecule has 106 valence electrons. The molecule has 0 amide bonds. The lowest BCUT2D eigenvalue weighted by molar-refractivity contribution is 0.0992. The molecule has 3 nitrogen and oxygen atoms in total. The average molecular weight is 392 g/mol. The molecule has 1 N–H and O–H groups in total. The van der Waals surface area contributed by atoms with Crippen molar-refractivity contribution < 1.29 is 14.5 Å². The van der Waals surface area contributed by atoms with Crippen molar-refractivity contribution >= 4 is 41.0 Å². The van der Waals surface area contributed by atoms with Gasteiger partial charge in [-0.25, -0.2) is 0 Å². The number of rotatable bonds is 3. The minimum absolute atomic E-state index is 0.0846. The Balaban J connectivity index is 1.85. The van der Waals surface area contributed by atoms with Crippen LogP contribution in [0.5, 0.6) is 0 Å². The van der Waals surface area contributed by atoms with E-state index in [1.807, 2.05) is 49.4 Å². The van der Waals surface area contributed by atoms with Gasteiger partial charge in [-0.15, -0.1) is 0 Å². The van der Waals surface area contributed by atoms with Crippen LogP contribution in [0.3, 0.4) is 0 Å². The highest BCUT2D eigenvalue weighted by Crippen LogP contribution is 2.23. The Morgan fingerprint density at radius 3 is 2.86 bits per heavy atom. The van der Waals surface area contributed by atoms with E-state index in [-0.39, 0.29) is 11.9 Å². The highest BCUT2D eigenvalue weighted by molar-refractivity contribution is 14.1. The van der Waals surface area contributed by atoms with Crippen molar-refractivity contribution in [3.8, 4) is 0 Å². The minimum Gasteiger partial charge on any atom is -0.423 e. The van der Waals surface area contributed by atoms with Gasteiger partial charge in [0, 0.05) is 15.6 Å². The van der Waals surface area contributed by atoms with Crippen molar-refractivity contribution in [2.45, 2.75) is 19.4 Å². The van der Waals surface area contributed by atoms with Crippen LogP contribution in [0.1, 0.15) is 34.5 Å². The van der Waals surface area contributed by atoms with Gasteiger partial charge in [-0.05, 0) is 52.2 Å². The molecule has 3 rings (SSSR count). The molecule has 0 saturated heterocycles. The lowest BCUT2D eigenvalue weighted by Crippen LogP contribution is -2.28. The van der Waals surface area contributed by atoms with E-state index in [4.69, 9.17) is 4.65 Å². The molecule has 0 spiro atoms. The van der Waals surface area contributed by atoms with E-state index < -0.39 is 7.12 Å². The molecule has 0 radical (unpaired) electrons. The zero-order chi connectivity index (χ0) is 15.0. The quantitative estimate of drug-likeness (QED) is 0.496. The zero-order valence-corrected chi connectivity index (χ0v) is 13.7. The third kappa shape index (κ3) is 2.91. The van der Waals surface area contributed by atoms with Crippen LogP contribution >= 0.6 is 22.6 Å². The number of hydrogen-bond donors (Lipinski definition) is 1. The van der Waals surface area contributed by atoms with Crippen LogP contribution in [-0.4, -0.2) is 17.9 Å². The molecule has 1 aliphatic heterocycles. The molecule has 2 aromatic carbocycles. The number of benzene rings is 2. The molecule has 0 fully saturated rings. The summed E-state index contributed by atoms with van der Waals surface area (Å²) in [5.41, 5.74) is 3.41. The first-order valence-corrected chi connectivity index (χ1v) is 7.88. The van der Waals surface area contributed by atoms with Gasteiger partial charge in [0.1, 0.15) is 0 Å². The zero-order valence-electron chi connectivity index (χ0n) is 11.5. The first-order valence-electron chi connectivity index (χ1n) is 6.80. The van der Waals surface area contributed by atoms with E-state index in [0.717, 1.165) is 25.7 Å². The highest BCUT2D eigenvalue weighted by Gasteiger charge is 2.32. The van der Waals surface area contributed by atoms with Crippen LogP contribution in [0, 0.1) is 3.57 Å². The monoisotopic (exact) mass is 392 g/mol. The van der Waals surface area contributed by atoms with Crippen molar-refractivity contribution in [3.05, 3.63) is 62.7 Å². The maximum Gasteiger partial charge on any atom is 0.491 e. The average Bonchev–Trinajstić information content (AvgIpc) is 2.74. The Morgan fingerprint density at radius 1 is 1.33 bits per heavy atom. The lowest BCUT2D eigenvalue weighted by atomic mass is 9.78. The summed E-state index contributed by atoms with van der Waals surface area (Å²) in [6.45, 7) is 1.91. The molecule has 0 aromatic heterocycles. The van der Waals surface area contributed by atoms with Gasteiger partial charge < -0.3 is 9.68 Å². The number of ketones is 1. The largest absolute Gasteiger partial charge is 0.491 e. The van der Waals surface area contributed by atoms with E-state index >= 15 is 0 Å². The Kier molecular flexibility index (Phi) is 4.15. The predicted octanol–water partition coefficient (Wildman–Crippen LogP) is 2.50. The van der Waals surface area contributed by atoms with Crippen molar-refractivity contribution in [1.82, 2.24) is 0 Å². The van der Waals surface area contributed by atoms with Crippen molar-refractivity contribution in [1.29, 1.82) is 0 Å². The molecule has 0 saturated carbocycles. The molecule has 21 heavy (non-hydrogen) atoms. The van der Waals surface area contributed by atoms with E-state index in [1.54, 1.807) is 0 Å². The second kappa shape index (κ2) is 5.91. The van der Waals surface area contributed by atoms with Crippen LogP contribution in [0.15, 0.2) is 42.5 Å². The predicted molar refractivity (Wildman–Crippen MR) is 90.7 cm³/mol. The van der Waals surface area contributed by atoms with Crippen LogP contribution < -0.4 is 5.46 Å². The third-order valence-corrected chi connectivity index (χ3v) is 4.67. The first kappa shape index (κ1) is 14.7. The van der Waals surface area contributed by atoms with Crippen molar-refractivity contribution in [2.24, 2.45) is 0 Å². The van der Waals surface area contributed by atoms with Crippen LogP contribution in [-0.2, 0) is 11.1 Å². The molecule has 0 bridgehead atoms. The first-order chi connectivity index (χ1) is 10.1. The van der Waals surface area contributed by atoms with Gasteiger partial charge in [-0.2, -0.15) is 0 Å². The molecule has 1 unspecified atom stereocenters. The van der Waals surface area contributed by atoms with Gasteiger partial charge in [0.2, 0.25) is 0 Å². The van der Waals surface area contributed by atoms with E-state index in [2.05, 4.69) is 22.6 Å². The number of carbonyl (C=O) groups is 1. The molecule has 1 heterocycles. The SMILES string of the molecule is CC1OB(O)c2cc(CC(=O)c3ccccc3I)ccc21. The summed E-state index contributed by atoms with van der Waals surface area (Å²) in [7, 11) is -0.887. The maximum absolute atomic E-state index is 12.4. The van der Waals surface area contributed by atoms with Crippen LogP contribution in [0.2, 0.25) is 0 Å². The topological polar surface area (TPSA) is 46.5 Å². The number of halogens is 1.